The molecule has 1 aliphatic carbocycles. The Morgan fingerprint density at radius 1 is 1.17 bits per heavy atom. The molecule has 0 atom stereocenters. The summed E-state index contributed by atoms with van der Waals surface area (Å²) in [5, 5.41) is 5.72. The van der Waals surface area contributed by atoms with Gasteiger partial charge in [-0.25, -0.2) is 0 Å². The van der Waals surface area contributed by atoms with E-state index in [1.165, 1.54) is 5.57 Å². The van der Waals surface area contributed by atoms with Gasteiger partial charge in [0.1, 0.15) is 0 Å². The summed E-state index contributed by atoms with van der Waals surface area (Å²) in [6.07, 6.45) is 7.41. The molecule has 0 radical (unpaired) electrons. The first-order chi connectivity index (χ1) is 11.1. The van der Waals surface area contributed by atoms with Crippen LogP contribution in [0.2, 0.25) is 0 Å². The molecule has 0 saturated heterocycles. The number of carbonyl (C=O) groups excluding carboxylic acids is 2. The first-order valence-corrected chi connectivity index (χ1v) is 8.47. The molecule has 1 fully saturated rings. The molecule has 1 aromatic rings. The second-order valence-electron chi connectivity index (χ2n) is 6.35. The third kappa shape index (κ3) is 5.89. The van der Waals surface area contributed by atoms with E-state index < -0.39 is 0 Å². The Hall–Kier alpha value is -2.10. The minimum absolute atomic E-state index is 0.00517. The third-order valence-corrected chi connectivity index (χ3v) is 4.14. The molecule has 4 heteroatoms. The molecule has 0 heterocycles. The number of anilines is 2. The summed E-state index contributed by atoms with van der Waals surface area (Å²) >= 11 is 0. The number of hydrogen-bond donors (Lipinski definition) is 2. The lowest BCUT2D eigenvalue weighted by atomic mass is 9.87. The number of benzene rings is 1. The summed E-state index contributed by atoms with van der Waals surface area (Å²) in [5.74, 6) is 0.666. The smallest absolute Gasteiger partial charge is 0.248 e. The molecule has 2 amide bonds. The highest BCUT2D eigenvalue weighted by Gasteiger charge is 2.13. The van der Waals surface area contributed by atoms with E-state index in [1.807, 2.05) is 25.1 Å². The normalized spacial score (nSPS) is 17.5. The fourth-order valence-electron chi connectivity index (χ4n) is 2.77. The van der Waals surface area contributed by atoms with Crippen LogP contribution in [0.4, 0.5) is 11.4 Å². The monoisotopic (exact) mass is 314 g/mol. The van der Waals surface area contributed by atoms with Crippen LogP contribution in [0.15, 0.2) is 35.9 Å². The molecule has 2 rings (SSSR count). The van der Waals surface area contributed by atoms with Gasteiger partial charge in [-0.15, -0.1) is 0 Å². The average molecular weight is 314 g/mol. The molecule has 0 aliphatic heterocycles. The van der Waals surface area contributed by atoms with Crippen molar-refractivity contribution in [1.82, 2.24) is 0 Å². The van der Waals surface area contributed by atoms with Crippen LogP contribution < -0.4 is 10.6 Å². The quantitative estimate of drug-likeness (QED) is 0.786. The molecule has 23 heavy (non-hydrogen) atoms. The third-order valence-electron chi connectivity index (χ3n) is 4.14. The lowest BCUT2D eigenvalue weighted by molar-refractivity contribution is -0.116. The molecule has 0 spiro atoms. The van der Waals surface area contributed by atoms with E-state index >= 15 is 0 Å². The van der Waals surface area contributed by atoms with Crippen LogP contribution in [0.5, 0.6) is 0 Å². The minimum atomic E-state index is -0.0911. The Labute approximate surface area is 138 Å². The highest BCUT2D eigenvalue weighted by molar-refractivity contribution is 6.00. The zero-order valence-electron chi connectivity index (χ0n) is 14.0. The van der Waals surface area contributed by atoms with Gasteiger partial charge in [0.25, 0.3) is 0 Å². The van der Waals surface area contributed by atoms with Crippen LogP contribution in [0.1, 0.15) is 52.4 Å². The molecule has 0 unspecified atom stereocenters. The Bertz CT molecular complexity index is 583. The van der Waals surface area contributed by atoms with Crippen LogP contribution in [0, 0.1) is 5.92 Å². The molecule has 2 N–H and O–H groups in total. The summed E-state index contributed by atoms with van der Waals surface area (Å²) in [7, 11) is 0. The second-order valence-corrected chi connectivity index (χ2v) is 6.35. The van der Waals surface area contributed by atoms with Gasteiger partial charge >= 0.3 is 0 Å². The van der Waals surface area contributed by atoms with Crippen molar-refractivity contribution in [3.8, 4) is 0 Å². The highest BCUT2D eigenvalue weighted by atomic mass is 16.2. The minimum Gasteiger partial charge on any atom is -0.326 e. The lowest BCUT2D eigenvalue weighted by Gasteiger charge is -2.19. The Morgan fingerprint density at radius 2 is 1.83 bits per heavy atom. The molecule has 1 aromatic carbocycles. The van der Waals surface area contributed by atoms with Crippen molar-refractivity contribution in [1.29, 1.82) is 0 Å². The molecule has 1 aliphatic rings. The van der Waals surface area contributed by atoms with Crippen molar-refractivity contribution in [2.24, 2.45) is 5.92 Å². The van der Waals surface area contributed by atoms with Gasteiger partial charge in [0.15, 0.2) is 0 Å². The summed E-state index contributed by atoms with van der Waals surface area (Å²) in [6.45, 7) is 4.23. The van der Waals surface area contributed by atoms with Gasteiger partial charge < -0.3 is 10.6 Å². The van der Waals surface area contributed by atoms with E-state index in [4.69, 9.17) is 0 Å². The van der Waals surface area contributed by atoms with Gasteiger partial charge in [-0.05, 0) is 56.2 Å². The zero-order valence-corrected chi connectivity index (χ0v) is 14.0. The van der Waals surface area contributed by atoms with Crippen molar-refractivity contribution in [2.75, 3.05) is 10.6 Å². The summed E-state index contributed by atoms with van der Waals surface area (Å²) in [5.41, 5.74) is 2.64. The maximum Gasteiger partial charge on any atom is 0.248 e. The van der Waals surface area contributed by atoms with Gasteiger partial charge in [-0.2, -0.15) is 0 Å². The number of amides is 2. The SMILES string of the molecule is CCCC(=O)Nc1cccc(NC(=O)C=C2CCC(C)CC2)c1. The zero-order chi connectivity index (χ0) is 16.7. The average Bonchev–Trinajstić information content (AvgIpc) is 2.50. The van der Waals surface area contributed by atoms with Crippen LogP contribution in [-0.4, -0.2) is 11.8 Å². The fraction of sp³-hybridized carbons (Fsp3) is 0.474. The Kier molecular flexibility index (Phi) is 6.39. The van der Waals surface area contributed by atoms with E-state index in [1.54, 1.807) is 12.1 Å². The van der Waals surface area contributed by atoms with Crippen LogP contribution in [0.3, 0.4) is 0 Å². The van der Waals surface area contributed by atoms with Crippen molar-refractivity contribution in [3.63, 3.8) is 0 Å². The number of allylic oxidation sites excluding steroid dienone is 1. The maximum absolute atomic E-state index is 12.1. The molecule has 1 saturated carbocycles. The standard InChI is InChI=1S/C19H26N2O2/c1-3-5-18(22)20-16-6-4-7-17(13-16)21-19(23)12-15-10-8-14(2)9-11-15/h4,6-7,12-14H,3,5,8-11H2,1-2H3,(H,20,22)(H,21,23). The largest absolute Gasteiger partial charge is 0.326 e. The highest BCUT2D eigenvalue weighted by Crippen LogP contribution is 2.27. The van der Waals surface area contributed by atoms with E-state index in [2.05, 4.69) is 17.6 Å². The molecular weight excluding hydrogens is 288 g/mol. The Balaban J connectivity index is 1.93. The number of hydrogen-bond acceptors (Lipinski definition) is 2. The summed E-state index contributed by atoms with van der Waals surface area (Å²) in [4.78, 5) is 23.8. The predicted octanol–water partition coefficient (Wildman–Crippen LogP) is 4.50. The van der Waals surface area contributed by atoms with Crippen molar-refractivity contribution < 1.29 is 9.59 Å². The van der Waals surface area contributed by atoms with E-state index in [0.717, 1.165) is 38.0 Å². The van der Waals surface area contributed by atoms with E-state index in [9.17, 15) is 9.59 Å². The summed E-state index contributed by atoms with van der Waals surface area (Å²) < 4.78 is 0. The Morgan fingerprint density at radius 3 is 2.48 bits per heavy atom. The predicted molar refractivity (Wildman–Crippen MR) is 94.3 cm³/mol. The number of nitrogens with one attached hydrogen (secondary N) is 2. The fourth-order valence-corrected chi connectivity index (χ4v) is 2.77. The topological polar surface area (TPSA) is 58.2 Å². The van der Waals surface area contributed by atoms with Crippen molar-refractivity contribution in [2.45, 2.75) is 52.4 Å². The number of carbonyl (C=O) groups is 2. The molecule has 0 aromatic heterocycles. The number of rotatable bonds is 5. The second kappa shape index (κ2) is 8.51. The first kappa shape index (κ1) is 17.3. The van der Waals surface area contributed by atoms with E-state index in [0.29, 0.717) is 17.8 Å². The molecular formula is C19H26N2O2. The lowest BCUT2D eigenvalue weighted by Crippen LogP contribution is -2.13. The van der Waals surface area contributed by atoms with Gasteiger partial charge in [0, 0.05) is 23.9 Å². The van der Waals surface area contributed by atoms with Gasteiger partial charge in [-0.1, -0.05) is 25.5 Å². The van der Waals surface area contributed by atoms with Gasteiger partial charge in [0.05, 0.1) is 0 Å². The summed E-state index contributed by atoms with van der Waals surface area (Å²) in [6, 6.07) is 7.26. The van der Waals surface area contributed by atoms with Crippen LogP contribution in [-0.2, 0) is 9.59 Å². The van der Waals surface area contributed by atoms with Crippen molar-refractivity contribution in [3.05, 3.63) is 35.9 Å². The van der Waals surface area contributed by atoms with Crippen LogP contribution in [0.25, 0.3) is 0 Å². The maximum atomic E-state index is 12.1. The molecule has 4 nitrogen and oxygen atoms in total. The van der Waals surface area contributed by atoms with Gasteiger partial charge in [0.2, 0.25) is 11.8 Å². The molecule has 124 valence electrons. The van der Waals surface area contributed by atoms with Crippen LogP contribution >= 0.6 is 0 Å². The van der Waals surface area contributed by atoms with E-state index in [-0.39, 0.29) is 11.8 Å². The first-order valence-electron chi connectivity index (χ1n) is 8.47. The van der Waals surface area contributed by atoms with Gasteiger partial charge in [-0.3, -0.25) is 9.59 Å². The van der Waals surface area contributed by atoms with Crippen molar-refractivity contribution >= 4 is 23.2 Å². The molecule has 0 bridgehead atoms.